The first kappa shape index (κ1) is 37.5. The Hall–Kier alpha value is -2.71. The molecule has 0 aromatic carbocycles. The van der Waals surface area contributed by atoms with E-state index in [1.165, 1.54) is 26.3 Å². The summed E-state index contributed by atoms with van der Waals surface area (Å²) < 4.78 is 16.3. The van der Waals surface area contributed by atoms with Gasteiger partial charge in [-0.25, -0.2) is 0 Å². The van der Waals surface area contributed by atoms with E-state index in [9.17, 15) is 24.0 Å². The third kappa shape index (κ3) is 6.17. The van der Waals surface area contributed by atoms with E-state index in [0.29, 0.717) is 6.42 Å². The molecule has 5 rings (SSSR count). The van der Waals surface area contributed by atoms with Crippen LogP contribution in [0.3, 0.4) is 0 Å². The summed E-state index contributed by atoms with van der Waals surface area (Å²) in [5, 5.41) is 0. The van der Waals surface area contributed by atoms with Crippen molar-refractivity contribution in [1.29, 1.82) is 0 Å². The molecule has 0 aromatic heterocycles. The number of esters is 3. The van der Waals surface area contributed by atoms with Gasteiger partial charge in [0.15, 0.2) is 5.78 Å². The number of allylic oxidation sites excluding steroid dienone is 2. The van der Waals surface area contributed by atoms with Crippen molar-refractivity contribution in [3.63, 3.8) is 0 Å². The van der Waals surface area contributed by atoms with E-state index in [1.807, 2.05) is 6.08 Å². The van der Waals surface area contributed by atoms with Gasteiger partial charge in [0.2, 0.25) is 5.91 Å². The molecule has 0 unspecified atom stereocenters. The van der Waals surface area contributed by atoms with Crippen LogP contribution in [0.25, 0.3) is 0 Å². The molecule has 9 atom stereocenters. The number of hydrogen-bond donors (Lipinski definition) is 0. The normalized spacial score (nSPS) is 40.7. The Morgan fingerprint density at radius 1 is 0.776 bits per heavy atom. The van der Waals surface area contributed by atoms with Gasteiger partial charge >= 0.3 is 17.9 Å². The summed E-state index contributed by atoms with van der Waals surface area (Å²) in [6.07, 6.45) is 9.76. The Morgan fingerprint density at radius 3 is 1.94 bits per heavy atom. The number of ether oxygens (including phenoxy) is 3. The molecule has 0 aromatic rings. The molecule has 4 saturated carbocycles. The third-order valence-electron chi connectivity index (χ3n) is 15.0. The summed E-state index contributed by atoms with van der Waals surface area (Å²) in [6.45, 7) is 20.8. The van der Waals surface area contributed by atoms with Crippen molar-refractivity contribution in [2.75, 3.05) is 26.3 Å². The number of carbonyl (C=O) groups excluding carboxylic acids is 5. The molecule has 0 aliphatic heterocycles. The molecule has 274 valence electrons. The van der Waals surface area contributed by atoms with E-state index >= 15 is 0 Å². The highest BCUT2D eigenvalue weighted by atomic mass is 16.5. The molecule has 5 aliphatic rings. The number of hydrogen-bond acceptors (Lipinski definition) is 8. The Labute approximate surface area is 293 Å². The van der Waals surface area contributed by atoms with Crippen molar-refractivity contribution in [1.82, 2.24) is 4.90 Å². The lowest BCUT2D eigenvalue weighted by atomic mass is 9.33. The molecular formula is C40H61NO8. The van der Waals surface area contributed by atoms with E-state index in [-0.39, 0.29) is 94.9 Å². The molecule has 4 fully saturated rings. The summed E-state index contributed by atoms with van der Waals surface area (Å²) in [5.74, 6) is -0.616. The van der Waals surface area contributed by atoms with Gasteiger partial charge in [0.25, 0.3) is 0 Å². The maximum absolute atomic E-state index is 14.8. The molecule has 0 saturated heterocycles. The fraction of sp³-hybridized carbons (Fsp3) is 0.825. The minimum Gasteiger partial charge on any atom is -0.464 e. The Bertz CT molecular complexity index is 1400. The van der Waals surface area contributed by atoms with Crippen molar-refractivity contribution in [2.45, 2.75) is 133 Å². The zero-order valence-electron chi connectivity index (χ0n) is 31.8. The molecular weight excluding hydrogens is 622 g/mol. The van der Waals surface area contributed by atoms with Crippen molar-refractivity contribution >= 4 is 29.6 Å². The minimum absolute atomic E-state index is 0.0138. The Morgan fingerprint density at radius 2 is 1.37 bits per heavy atom. The Balaban J connectivity index is 1.47. The lowest BCUT2D eigenvalue weighted by Gasteiger charge is -2.70. The van der Waals surface area contributed by atoms with Gasteiger partial charge in [-0.2, -0.15) is 0 Å². The highest BCUT2D eigenvalue weighted by molar-refractivity contribution is 5.96. The van der Waals surface area contributed by atoms with Crippen LogP contribution in [0, 0.1) is 50.2 Å². The van der Waals surface area contributed by atoms with Gasteiger partial charge in [0.1, 0.15) is 19.3 Å². The molecule has 0 heterocycles. The zero-order valence-corrected chi connectivity index (χ0v) is 31.8. The molecule has 0 spiro atoms. The molecule has 49 heavy (non-hydrogen) atoms. The molecule has 9 nitrogen and oxygen atoms in total. The molecule has 9 heteroatoms. The van der Waals surface area contributed by atoms with Gasteiger partial charge in [0.05, 0.1) is 13.1 Å². The number of ketones is 1. The maximum Gasteiger partial charge on any atom is 0.302 e. The zero-order chi connectivity index (χ0) is 36.4. The lowest BCUT2D eigenvalue weighted by Crippen LogP contribution is -2.67. The average Bonchev–Trinajstić information content (AvgIpc) is 2.99. The van der Waals surface area contributed by atoms with E-state index < -0.39 is 17.4 Å². The van der Waals surface area contributed by atoms with Crippen LogP contribution in [0.15, 0.2) is 11.6 Å². The third-order valence-corrected chi connectivity index (χ3v) is 15.0. The van der Waals surface area contributed by atoms with Crippen molar-refractivity contribution in [2.24, 2.45) is 50.2 Å². The van der Waals surface area contributed by atoms with Crippen LogP contribution in [0.1, 0.15) is 127 Å². The minimum atomic E-state index is -0.681. The second-order valence-corrected chi connectivity index (χ2v) is 18.2. The van der Waals surface area contributed by atoms with Crippen LogP contribution in [-0.2, 0) is 38.2 Å². The van der Waals surface area contributed by atoms with Gasteiger partial charge < -0.3 is 19.1 Å². The number of carbonyl (C=O) groups is 5. The molecule has 0 N–H and O–H groups in total. The topological polar surface area (TPSA) is 116 Å². The summed E-state index contributed by atoms with van der Waals surface area (Å²) in [4.78, 5) is 65.9. The number of rotatable bonds is 8. The molecule has 1 amide bonds. The van der Waals surface area contributed by atoms with E-state index in [2.05, 4.69) is 48.5 Å². The molecule has 0 radical (unpaired) electrons. The number of fused-ring (bicyclic) bond motifs is 7. The van der Waals surface area contributed by atoms with E-state index in [0.717, 1.165) is 51.4 Å². The van der Waals surface area contributed by atoms with E-state index in [4.69, 9.17) is 14.2 Å². The fourth-order valence-electron chi connectivity index (χ4n) is 12.1. The standard InChI is InChI=1S/C40H61NO8/c1-25(42)47-21-19-41(20-22-48-26(2)43)34(46)37(7)16-15-36(6)17-18-39(9)28(29(36)24-37)23-30(45)33-38(8)13-12-32(49-27(3)44)35(4,5)31(38)11-14-40(33,39)10/h23,29,31-33H,11-22,24H2,1-10H3/t29-,31-,32-,33+,36+,37-,38-,39+,40+/m0/s1. The van der Waals surface area contributed by atoms with Crippen LogP contribution in [0.5, 0.6) is 0 Å². The SMILES string of the molecule is CC(=O)OCCN(CCOC(C)=O)C(=O)[C@@]1(C)CC[C@]2(C)CC[C@]3(C)C(=CC(=O)[C@@H]4[C@@]5(C)CC[C@H](OC(C)=O)C(C)(C)[C@@H]5CC[C@]43C)[C@@H]2C1. The number of nitrogens with zero attached hydrogens (tertiary/aromatic N) is 1. The van der Waals surface area contributed by atoms with Crippen LogP contribution < -0.4 is 0 Å². The summed E-state index contributed by atoms with van der Waals surface area (Å²) in [6, 6.07) is 0. The van der Waals surface area contributed by atoms with Crippen molar-refractivity contribution in [3.05, 3.63) is 11.6 Å². The first-order chi connectivity index (χ1) is 22.6. The van der Waals surface area contributed by atoms with Crippen molar-refractivity contribution < 1.29 is 38.2 Å². The highest BCUT2D eigenvalue weighted by Crippen LogP contribution is 2.75. The quantitative estimate of drug-likeness (QED) is 0.202. The second-order valence-electron chi connectivity index (χ2n) is 18.2. The smallest absolute Gasteiger partial charge is 0.302 e. The van der Waals surface area contributed by atoms with Crippen LogP contribution in [0.2, 0.25) is 0 Å². The van der Waals surface area contributed by atoms with Crippen LogP contribution in [0.4, 0.5) is 0 Å². The van der Waals surface area contributed by atoms with Crippen LogP contribution >= 0.6 is 0 Å². The highest BCUT2D eigenvalue weighted by Gasteiger charge is 2.70. The first-order valence-electron chi connectivity index (χ1n) is 18.6. The van der Waals surface area contributed by atoms with Gasteiger partial charge in [-0.15, -0.1) is 0 Å². The summed E-state index contributed by atoms with van der Waals surface area (Å²) in [7, 11) is 0. The second kappa shape index (κ2) is 12.8. The molecule has 5 aliphatic carbocycles. The maximum atomic E-state index is 14.8. The van der Waals surface area contributed by atoms with Crippen LogP contribution in [-0.4, -0.2) is 66.9 Å². The van der Waals surface area contributed by atoms with Crippen molar-refractivity contribution in [3.8, 4) is 0 Å². The monoisotopic (exact) mass is 683 g/mol. The fourth-order valence-corrected chi connectivity index (χ4v) is 12.1. The van der Waals surface area contributed by atoms with Gasteiger partial charge in [0, 0.05) is 37.5 Å². The lowest BCUT2D eigenvalue weighted by molar-refractivity contribution is -0.210. The predicted octanol–water partition coefficient (Wildman–Crippen LogP) is 6.85. The van der Waals surface area contributed by atoms with Gasteiger partial charge in [-0.3, -0.25) is 24.0 Å². The molecule has 0 bridgehead atoms. The largest absolute Gasteiger partial charge is 0.464 e. The predicted molar refractivity (Wildman–Crippen MR) is 185 cm³/mol. The average molecular weight is 684 g/mol. The number of amides is 1. The van der Waals surface area contributed by atoms with E-state index in [1.54, 1.807) is 4.90 Å². The van der Waals surface area contributed by atoms with Gasteiger partial charge in [-0.05, 0) is 97.4 Å². The van der Waals surface area contributed by atoms with Gasteiger partial charge in [-0.1, -0.05) is 54.0 Å². The summed E-state index contributed by atoms with van der Waals surface area (Å²) >= 11 is 0. The Kier molecular flexibility index (Phi) is 9.81. The first-order valence-corrected chi connectivity index (χ1v) is 18.6. The summed E-state index contributed by atoms with van der Waals surface area (Å²) in [5.41, 5.74) is -0.324.